The van der Waals surface area contributed by atoms with Crippen LogP contribution in [0.25, 0.3) is 0 Å². The van der Waals surface area contributed by atoms with Crippen LogP contribution in [0.15, 0.2) is 18.5 Å². The lowest BCUT2D eigenvalue weighted by Gasteiger charge is -2.21. The highest BCUT2D eigenvalue weighted by Gasteiger charge is 2.15. The van der Waals surface area contributed by atoms with E-state index < -0.39 is 0 Å². The quantitative estimate of drug-likeness (QED) is 0.825. The van der Waals surface area contributed by atoms with Crippen molar-refractivity contribution < 1.29 is 5.11 Å². The maximum Gasteiger partial charge on any atom is 0.0793 e. The van der Waals surface area contributed by atoms with Crippen LogP contribution >= 0.6 is 0 Å². The lowest BCUT2D eigenvalue weighted by atomic mass is 9.87. The molecule has 0 aliphatic rings. The Morgan fingerprint density at radius 2 is 2.07 bits per heavy atom. The molecule has 1 atom stereocenters. The fourth-order valence-electron chi connectivity index (χ4n) is 1.58. The Balaban J connectivity index is 2.62. The Labute approximate surface area is 92.4 Å². The number of pyridine rings is 1. The first kappa shape index (κ1) is 12.2. The summed E-state index contributed by atoms with van der Waals surface area (Å²) in [6.07, 6.45) is 5.02. The monoisotopic (exact) mass is 207 g/mol. The zero-order valence-electron chi connectivity index (χ0n) is 10.1. The molecule has 1 aromatic heterocycles. The molecule has 0 aliphatic heterocycles. The van der Waals surface area contributed by atoms with Crippen molar-refractivity contribution in [2.45, 2.75) is 46.6 Å². The van der Waals surface area contributed by atoms with E-state index in [2.05, 4.69) is 25.8 Å². The molecule has 0 aromatic carbocycles. The van der Waals surface area contributed by atoms with Gasteiger partial charge < -0.3 is 5.11 Å². The van der Waals surface area contributed by atoms with Crippen molar-refractivity contribution in [3.05, 3.63) is 29.6 Å². The molecular weight excluding hydrogens is 186 g/mol. The van der Waals surface area contributed by atoms with Crippen LogP contribution < -0.4 is 0 Å². The smallest absolute Gasteiger partial charge is 0.0793 e. The van der Waals surface area contributed by atoms with Gasteiger partial charge in [0, 0.05) is 12.4 Å². The van der Waals surface area contributed by atoms with E-state index in [1.807, 2.05) is 13.0 Å². The summed E-state index contributed by atoms with van der Waals surface area (Å²) >= 11 is 0. The molecule has 0 spiro atoms. The molecular formula is C13H21NO. The molecule has 1 aromatic rings. The molecule has 0 unspecified atom stereocenters. The summed E-state index contributed by atoms with van der Waals surface area (Å²) in [5, 5.41) is 10.0. The zero-order valence-corrected chi connectivity index (χ0v) is 10.1. The molecule has 0 radical (unpaired) electrons. The second-order valence-electron chi connectivity index (χ2n) is 5.35. The second kappa shape index (κ2) is 4.75. The molecule has 1 N–H and O–H groups in total. The topological polar surface area (TPSA) is 33.1 Å². The lowest BCUT2D eigenvalue weighted by Crippen LogP contribution is -2.09. The van der Waals surface area contributed by atoms with Crippen molar-refractivity contribution in [1.82, 2.24) is 4.98 Å². The van der Waals surface area contributed by atoms with E-state index >= 15 is 0 Å². The van der Waals surface area contributed by atoms with Gasteiger partial charge in [0.2, 0.25) is 0 Å². The van der Waals surface area contributed by atoms with Gasteiger partial charge in [-0.05, 0) is 42.4 Å². The van der Waals surface area contributed by atoms with E-state index in [-0.39, 0.29) is 11.5 Å². The minimum atomic E-state index is -0.354. The third-order valence-corrected chi connectivity index (χ3v) is 2.59. The summed E-state index contributed by atoms with van der Waals surface area (Å²) in [6, 6.07) is 1.91. The summed E-state index contributed by atoms with van der Waals surface area (Å²) < 4.78 is 0. The van der Waals surface area contributed by atoms with Gasteiger partial charge in [-0.15, -0.1) is 0 Å². The minimum Gasteiger partial charge on any atom is -0.388 e. The average Bonchev–Trinajstić information content (AvgIpc) is 2.14. The highest BCUT2D eigenvalue weighted by Crippen LogP contribution is 2.28. The number of aromatic nitrogens is 1. The van der Waals surface area contributed by atoms with Crippen molar-refractivity contribution >= 4 is 0 Å². The molecule has 2 nitrogen and oxygen atoms in total. The zero-order chi connectivity index (χ0) is 11.5. The number of aliphatic hydroxyl groups is 1. The number of hydrogen-bond acceptors (Lipinski definition) is 2. The minimum absolute atomic E-state index is 0.280. The molecule has 0 saturated carbocycles. The maximum atomic E-state index is 10.0. The predicted octanol–water partition coefficient (Wildman–Crippen LogP) is 3.25. The molecule has 2 heteroatoms. The number of aryl methyl sites for hydroxylation is 1. The number of rotatable bonds is 3. The van der Waals surface area contributed by atoms with Gasteiger partial charge in [0.25, 0.3) is 0 Å². The van der Waals surface area contributed by atoms with Crippen LogP contribution in [0, 0.1) is 12.3 Å². The number of aliphatic hydroxyl groups excluding tert-OH is 1. The standard InChI is InChI=1S/C13H21NO/c1-10-9-14-8-6-11(10)12(15)5-7-13(2,3)4/h6,8-9,12,15H,5,7H2,1-4H3/t12-/m0/s1. The highest BCUT2D eigenvalue weighted by atomic mass is 16.3. The summed E-state index contributed by atoms with van der Waals surface area (Å²) in [5.41, 5.74) is 2.36. The Bertz CT molecular complexity index is 315. The Hall–Kier alpha value is -0.890. The number of nitrogens with zero attached hydrogens (tertiary/aromatic N) is 1. The van der Waals surface area contributed by atoms with Crippen LogP contribution in [-0.4, -0.2) is 10.1 Å². The molecule has 0 bridgehead atoms. The molecule has 15 heavy (non-hydrogen) atoms. The maximum absolute atomic E-state index is 10.0. The summed E-state index contributed by atoms with van der Waals surface area (Å²) in [6.45, 7) is 8.57. The van der Waals surface area contributed by atoms with Crippen LogP contribution in [0.3, 0.4) is 0 Å². The Morgan fingerprint density at radius 1 is 1.40 bits per heavy atom. The fourth-order valence-corrected chi connectivity index (χ4v) is 1.58. The Kier molecular flexibility index (Phi) is 3.86. The third-order valence-electron chi connectivity index (χ3n) is 2.59. The van der Waals surface area contributed by atoms with Crippen molar-refractivity contribution in [3.63, 3.8) is 0 Å². The normalized spacial score (nSPS) is 13.9. The molecule has 0 amide bonds. The van der Waals surface area contributed by atoms with Gasteiger partial charge in [0.15, 0.2) is 0 Å². The van der Waals surface area contributed by atoms with Crippen LogP contribution in [0.4, 0.5) is 0 Å². The first-order chi connectivity index (χ1) is 6.90. The van der Waals surface area contributed by atoms with E-state index in [1.165, 1.54) is 0 Å². The van der Waals surface area contributed by atoms with E-state index in [9.17, 15) is 5.11 Å². The van der Waals surface area contributed by atoms with Crippen LogP contribution in [-0.2, 0) is 0 Å². The molecule has 0 saturated heterocycles. The van der Waals surface area contributed by atoms with Crippen LogP contribution in [0.5, 0.6) is 0 Å². The molecule has 84 valence electrons. The van der Waals surface area contributed by atoms with Gasteiger partial charge in [-0.1, -0.05) is 20.8 Å². The third kappa shape index (κ3) is 4.00. The van der Waals surface area contributed by atoms with E-state index in [4.69, 9.17) is 0 Å². The average molecular weight is 207 g/mol. The summed E-state index contributed by atoms with van der Waals surface area (Å²) in [5.74, 6) is 0. The van der Waals surface area contributed by atoms with Crippen molar-refractivity contribution in [2.24, 2.45) is 5.41 Å². The predicted molar refractivity (Wildman–Crippen MR) is 62.6 cm³/mol. The van der Waals surface area contributed by atoms with Gasteiger partial charge in [0.05, 0.1) is 6.10 Å². The van der Waals surface area contributed by atoms with E-state index in [0.29, 0.717) is 0 Å². The largest absolute Gasteiger partial charge is 0.388 e. The second-order valence-corrected chi connectivity index (χ2v) is 5.35. The van der Waals surface area contributed by atoms with Gasteiger partial charge >= 0.3 is 0 Å². The number of hydrogen-bond donors (Lipinski definition) is 1. The van der Waals surface area contributed by atoms with E-state index in [1.54, 1.807) is 12.4 Å². The molecule has 0 fully saturated rings. The van der Waals surface area contributed by atoms with Crippen molar-refractivity contribution in [1.29, 1.82) is 0 Å². The van der Waals surface area contributed by atoms with Crippen molar-refractivity contribution in [3.8, 4) is 0 Å². The fraction of sp³-hybridized carbons (Fsp3) is 0.615. The summed E-state index contributed by atoms with van der Waals surface area (Å²) in [7, 11) is 0. The first-order valence-electron chi connectivity index (χ1n) is 5.49. The van der Waals surface area contributed by atoms with Crippen LogP contribution in [0.1, 0.15) is 50.8 Å². The summed E-state index contributed by atoms with van der Waals surface area (Å²) in [4.78, 5) is 4.03. The van der Waals surface area contributed by atoms with Gasteiger partial charge in [-0.2, -0.15) is 0 Å². The lowest BCUT2D eigenvalue weighted by molar-refractivity contribution is 0.147. The van der Waals surface area contributed by atoms with Gasteiger partial charge in [0.1, 0.15) is 0 Å². The SMILES string of the molecule is Cc1cnccc1[C@@H](O)CCC(C)(C)C. The molecule has 1 heterocycles. The molecule has 0 aliphatic carbocycles. The first-order valence-corrected chi connectivity index (χ1v) is 5.49. The molecule has 1 rings (SSSR count). The van der Waals surface area contributed by atoms with Gasteiger partial charge in [-0.3, -0.25) is 4.98 Å². The van der Waals surface area contributed by atoms with Crippen LogP contribution in [0.2, 0.25) is 0 Å². The Morgan fingerprint density at radius 3 is 2.60 bits per heavy atom. The van der Waals surface area contributed by atoms with E-state index in [0.717, 1.165) is 24.0 Å². The van der Waals surface area contributed by atoms with Crippen molar-refractivity contribution in [2.75, 3.05) is 0 Å². The highest BCUT2D eigenvalue weighted by molar-refractivity contribution is 5.23. The van der Waals surface area contributed by atoms with Gasteiger partial charge in [-0.25, -0.2) is 0 Å².